The van der Waals surface area contributed by atoms with Gasteiger partial charge in [-0.2, -0.15) is 0 Å². The first-order valence-corrected chi connectivity index (χ1v) is 7.93. The number of nitrogens with zero attached hydrogens (tertiary/aromatic N) is 1. The van der Waals surface area contributed by atoms with Crippen LogP contribution in [0.3, 0.4) is 0 Å². The highest BCUT2D eigenvalue weighted by Crippen LogP contribution is 2.17. The number of benzene rings is 2. The molecule has 1 amide bonds. The highest BCUT2D eigenvalue weighted by Gasteiger charge is 2.04. The minimum atomic E-state index is -0.297. The summed E-state index contributed by atoms with van der Waals surface area (Å²) in [4.78, 5) is 16.9. The summed E-state index contributed by atoms with van der Waals surface area (Å²) in [6.07, 6.45) is 1.59. The second-order valence-electron chi connectivity index (χ2n) is 5.49. The maximum Gasteiger partial charge on any atom is 0.265 e. The standard InChI is InChI=1S/C19H22N2O4/c1-14(2)25-18-7-5-4-6-15(18)12-20-24-13-19(22)21-16-8-10-17(23-3)11-9-16/h4-12,14H,13H2,1-3H3,(H,21,22)/b20-12+. The highest BCUT2D eigenvalue weighted by atomic mass is 16.6. The van der Waals surface area contributed by atoms with Gasteiger partial charge >= 0.3 is 0 Å². The molecule has 0 aliphatic rings. The molecule has 25 heavy (non-hydrogen) atoms. The summed E-state index contributed by atoms with van der Waals surface area (Å²) in [5.41, 5.74) is 1.45. The summed E-state index contributed by atoms with van der Waals surface area (Å²) in [5.74, 6) is 1.14. The van der Waals surface area contributed by atoms with Crippen molar-refractivity contribution >= 4 is 17.8 Å². The maximum absolute atomic E-state index is 11.8. The Kier molecular flexibility index (Phi) is 6.83. The smallest absolute Gasteiger partial charge is 0.265 e. The Bertz CT molecular complexity index is 712. The van der Waals surface area contributed by atoms with E-state index in [1.54, 1.807) is 31.4 Å². The maximum atomic E-state index is 11.8. The van der Waals surface area contributed by atoms with Crippen LogP contribution in [0.15, 0.2) is 53.7 Å². The fraction of sp³-hybridized carbons (Fsp3) is 0.263. The van der Waals surface area contributed by atoms with E-state index in [4.69, 9.17) is 14.3 Å². The largest absolute Gasteiger partial charge is 0.497 e. The number of para-hydroxylation sites is 1. The van der Waals surface area contributed by atoms with Crippen LogP contribution < -0.4 is 14.8 Å². The molecule has 0 saturated carbocycles. The Morgan fingerprint density at radius 1 is 1.16 bits per heavy atom. The van der Waals surface area contributed by atoms with Crippen LogP contribution in [0.4, 0.5) is 5.69 Å². The average Bonchev–Trinajstić information content (AvgIpc) is 2.60. The Hall–Kier alpha value is -3.02. The fourth-order valence-corrected chi connectivity index (χ4v) is 2.01. The molecular weight excluding hydrogens is 320 g/mol. The lowest BCUT2D eigenvalue weighted by Gasteiger charge is -2.11. The Labute approximate surface area is 147 Å². The molecule has 2 aromatic carbocycles. The summed E-state index contributed by atoms with van der Waals surface area (Å²) in [6, 6.07) is 14.5. The zero-order valence-corrected chi connectivity index (χ0v) is 14.6. The number of ether oxygens (including phenoxy) is 2. The Morgan fingerprint density at radius 2 is 1.88 bits per heavy atom. The normalized spacial score (nSPS) is 10.7. The number of methoxy groups -OCH3 is 1. The quantitative estimate of drug-likeness (QED) is 0.589. The molecule has 2 rings (SSSR count). The number of rotatable bonds is 8. The molecule has 0 aliphatic heterocycles. The van der Waals surface area contributed by atoms with E-state index < -0.39 is 0 Å². The van der Waals surface area contributed by atoms with Gasteiger partial charge in [0.25, 0.3) is 5.91 Å². The lowest BCUT2D eigenvalue weighted by molar-refractivity contribution is -0.120. The highest BCUT2D eigenvalue weighted by molar-refractivity contribution is 5.91. The van der Waals surface area contributed by atoms with Gasteiger partial charge < -0.3 is 19.6 Å². The van der Waals surface area contributed by atoms with E-state index in [9.17, 15) is 4.79 Å². The minimum Gasteiger partial charge on any atom is -0.497 e. The number of nitrogens with one attached hydrogen (secondary N) is 1. The van der Waals surface area contributed by atoms with E-state index in [0.29, 0.717) is 11.4 Å². The molecule has 0 saturated heterocycles. The van der Waals surface area contributed by atoms with E-state index in [0.717, 1.165) is 11.3 Å². The summed E-state index contributed by atoms with van der Waals surface area (Å²) in [5, 5.41) is 6.54. The molecule has 0 unspecified atom stereocenters. The predicted octanol–water partition coefficient (Wildman–Crippen LogP) is 3.47. The number of carbonyl (C=O) groups is 1. The second kappa shape index (κ2) is 9.32. The molecule has 0 heterocycles. The van der Waals surface area contributed by atoms with Crippen molar-refractivity contribution in [2.24, 2.45) is 5.16 Å². The third kappa shape index (κ3) is 6.18. The van der Waals surface area contributed by atoms with E-state index in [1.807, 2.05) is 38.1 Å². The predicted molar refractivity (Wildman–Crippen MR) is 97.4 cm³/mol. The number of hydrogen-bond donors (Lipinski definition) is 1. The second-order valence-corrected chi connectivity index (χ2v) is 5.49. The molecule has 0 aliphatic carbocycles. The van der Waals surface area contributed by atoms with Gasteiger partial charge in [0.1, 0.15) is 11.5 Å². The van der Waals surface area contributed by atoms with E-state index in [-0.39, 0.29) is 18.6 Å². The SMILES string of the molecule is COc1ccc(NC(=O)CO/N=C/c2ccccc2OC(C)C)cc1. The van der Waals surface area contributed by atoms with Crippen LogP contribution in [-0.2, 0) is 9.63 Å². The van der Waals surface area contributed by atoms with Crippen LogP contribution in [-0.4, -0.2) is 31.9 Å². The molecule has 1 N–H and O–H groups in total. The zero-order valence-electron chi connectivity index (χ0n) is 14.6. The van der Waals surface area contributed by atoms with Crippen molar-refractivity contribution in [1.29, 1.82) is 0 Å². The zero-order chi connectivity index (χ0) is 18.1. The van der Waals surface area contributed by atoms with Gasteiger partial charge in [0, 0.05) is 11.3 Å². The lowest BCUT2D eigenvalue weighted by atomic mass is 10.2. The van der Waals surface area contributed by atoms with E-state index in [2.05, 4.69) is 10.5 Å². The summed E-state index contributed by atoms with van der Waals surface area (Å²) in [6.45, 7) is 3.72. The van der Waals surface area contributed by atoms with Crippen molar-refractivity contribution in [2.75, 3.05) is 19.0 Å². The molecular formula is C19H22N2O4. The van der Waals surface area contributed by atoms with Crippen molar-refractivity contribution in [2.45, 2.75) is 20.0 Å². The third-order valence-electron chi connectivity index (χ3n) is 3.12. The molecule has 0 spiro atoms. The van der Waals surface area contributed by atoms with Crippen LogP contribution >= 0.6 is 0 Å². The first-order chi connectivity index (χ1) is 12.1. The first-order valence-electron chi connectivity index (χ1n) is 7.93. The van der Waals surface area contributed by atoms with Crippen molar-refractivity contribution in [1.82, 2.24) is 0 Å². The van der Waals surface area contributed by atoms with Gasteiger partial charge in [-0.3, -0.25) is 4.79 Å². The molecule has 6 heteroatoms. The fourth-order valence-electron chi connectivity index (χ4n) is 2.01. The van der Waals surface area contributed by atoms with Crippen molar-refractivity contribution in [3.05, 3.63) is 54.1 Å². The van der Waals surface area contributed by atoms with Gasteiger partial charge in [0.2, 0.25) is 0 Å². The van der Waals surface area contributed by atoms with Crippen molar-refractivity contribution in [3.63, 3.8) is 0 Å². The van der Waals surface area contributed by atoms with Gasteiger partial charge in [-0.1, -0.05) is 17.3 Å². The van der Waals surface area contributed by atoms with Gasteiger partial charge in [0.05, 0.1) is 19.4 Å². The van der Waals surface area contributed by atoms with Crippen LogP contribution in [0.5, 0.6) is 11.5 Å². The number of anilines is 1. The van der Waals surface area contributed by atoms with Gasteiger partial charge in [-0.15, -0.1) is 0 Å². The van der Waals surface area contributed by atoms with Crippen molar-refractivity contribution < 1.29 is 19.1 Å². The number of hydrogen-bond acceptors (Lipinski definition) is 5. The monoisotopic (exact) mass is 342 g/mol. The van der Waals surface area contributed by atoms with Crippen molar-refractivity contribution in [3.8, 4) is 11.5 Å². The molecule has 0 aromatic heterocycles. The van der Waals surface area contributed by atoms with Crippen LogP contribution in [0, 0.1) is 0 Å². The summed E-state index contributed by atoms with van der Waals surface area (Å²) in [7, 11) is 1.59. The van der Waals surface area contributed by atoms with Crippen LogP contribution in [0.1, 0.15) is 19.4 Å². The number of amides is 1. The van der Waals surface area contributed by atoms with Crippen LogP contribution in [0.25, 0.3) is 0 Å². The molecule has 0 radical (unpaired) electrons. The summed E-state index contributed by atoms with van der Waals surface area (Å²) < 4.78 is 10.7. The van der Waals surface area contributed by atoms with Crippen LogP contribution in [0.2, 0.25) is 0 Å². The Balaban J connectivity index is 1.83. The number of oxime groups is 1. The van der Waals surface area contributed by atoms with Gasteiger partial charge in [-0.05, 0) is 50.2 Å². The lowest BCUT2D eigenvalue weighted by Crippen LogP contribution is -2.16. The molecule has 0 atom stereocenters. The summed E-state index contributed by atoms with van der Waals surface area (Å²) >= 11 is 0. The molecule has 2 aromatic rings. The van der Waals surface area contributed by atoms with Gasteiger partial charge in [-0.25, -0.2) is 0 Å². The first kappa shape index (κ1) is 18.3. The molecule has 0 bridgehead atoms. The molecule has 6 nitrogen and oxygen atoms in total. The van der Waals surface area contributed by atoms with E-state index >= 15 is 0 Å². The topological polar surface area (TPSA) is 69.2 Å². The average molecular weight is 342 g/mol. The van der Waals surface area contributed by atoms with E-state index in [1.165, 1.54) is 6.21 Å². The third-order valence-corrected chi connectivity index (χ3v) is 3.12. The number of carbonyl (C=O) groups excluding carboxylic acids is 1. The molecule has 132 valence electrons. The molecule has 0 fully saturated rings. The van der Waals surface area contributed by atoms with Gasteiger partial charge in [0.15, 0.2) is 6.61 Å². The minimum absolute atomic E-state index is 0.0609. The Morgan fingerprint density at radius 3 is 2.56 bits per heavy atom.